The van der Waals surface area contributed by atoms with E-state index in [1.165, 1.54) is 21.3 Å². The number of carbonyl (C=O) groups is 1. The summed E-state index contributed by atoms with van der Waals surface area (Å²) in [6.07, 6.45) is 0. The SMILES string of the molecule is COc1ccc(C(=O)Nc2cc(C)n(Cc3ccccc3)n2)c(OC)c1OC. The second-order valence-electron chi connectivity index (χ2n) is 6.15. The van der Waals surface area contributed by atoms with Crippen molar-refractivity contribution in [1.82, 2.24) is 9.78 Å². The number of methoxy groups -OCH3 is 3. The number of amides is 1. The van der Waals surface area contributed by atoms with Crippen molar-refractivity contribution in [3.05, 3.63) is 65.4 Å². The molecule has 0 spiro atoms. The molecule has 0 radical (unpaired) electrons. The van der Waals surface area contributed by atoms with E-state index < -0.39 is 0 Å². The van der Waals surface area contributed by atoms with E-state index in [2.05, 4.69) is 10.4 Å². The van der Waals surface area contributed by atoms with Gasteiger partial charge in [-0.1, -0.05) is 30.3 Å². The standard InChI is InChI=1S/C21H23N3O4/c1-14-12-18(23-24(14)13-15-8-6-5-7-9-15)22-21(25)16-10-11-17(26-2)20(28-4)19(16)27-3/h5-12H,13H2,1-4H3,(H,22,23,25). The highest BCUT2D eigenvalue weighted by molar-refractivity contribution is 6.06. The molecule has 0 saturated heterocycles. The van der Waals surface area contributed by atoms with Crippen LogP contribution in [0, 0.1) is 6.92 Å². The molecule has 7 heteroatoms. The van der Waals surface area contributed by atoms with Gasteiger partial charge in [0, 0.05) is 11.8 Å². The van der Waals surface area contributed by atoms with Gasteiger partial charge in [-0.2, -0.15) is 5.10 Å². The van der Waals surface area contributed by atoms with Gasteiger partial charge in [0.15, 0.2) is 17.3 Å². The van der Waals surface area contributed by atoms with Crippen LogP contribution in [0.2, 0.25) is 0 Å². The first-order valence-electron chi connectivity index (χ1n) is 8.76. The van der Waals surface area contributed by atoms with Gasteiger partial charge >= 0.3 is 0 Å². The summed E-state index contributed by atoms with van der Waals surface area (Å²) in [4.78, 5) is 12.8. The molecule has 1 aromatic heterocycles. The van der Waals surface area contributed by atoms with E-state index in [9.17, 15) is 4.79 Å². The zero-order chi connectivity index (χ0) is 20.1. The lowest BCUT2D eigenvalue weighted by molar-refractivity contribution is 0.102. The number of rotatable bonds is 7. The lowest BCUT2D eigenvalue weighted by Gasteiger charge is -2.15. The zero-order valence-electron chi connectivity index (χ0n) is 16.4. The fourth-order valence-electron chi connectivity index (χ4n) is 2.95. The first-order valence-corrected chi connectivity index (χ1v) is 8.76. The van der Waals surface area contributed by atoms with Gasteiger partial charge in [-0.15, -0.1) is 0 Å². The molecule has 1 N–H and O–H groups in total. The minimum atomic E-state index is -0.345. The van der Waals surface area contributed by atoms with E-state index in [1.54, 1.807) is 12.1 Å². The van der Waals surface area contributed by atoms with Crippen LogP contribution in [0.3, 0.4) is 0 Å². The van der Waals surface area contributed by atoms with E-state index in [0.29, 0.717) is 35.2 Å². The Kier molecular flexibility index (Phi) is 5.84. The van der Waals surface area contributed by atoms with E-state index in [4.69, 9.17) is 14.2 Å². The Labute approximate surface area is 163 Å². The first-order chi connectivity index (χ1) is 13.6. The molecule has 0 aliphatic rings. The highest BCUT2D eigenvalue weighted by Crippen LogP contribution is 2.39. The number of hydrogen-bond donors (Lipinski definition) is 1. The van der Waals surface area contributed by atoms with Crippen LogP contribution in [0.1, 0.15) is 21.6 Å². The Morgan fingerprint density at radius 1 is 1.00 bits per heavy atom. The van der Waals surface area contributed by atoms with Crippen molar-refractivity contribution in [3.63, 3.8) is 0 Å². The minimum Gasteiger partial charge on any atom is -0.493 e. The predicted octanol–water partition coefficient (Wildman–Crippen LogP) is 3.52. The van der Waals surface area contributed by atoms with E-state index in [1.807, 2.05) is 48.0 Å². The normalized spacial score (nSPS) is 10.4. The average Bonchev–Trinajstić information content (AvgIpc) is 3.05. The topological polar surface area (TPSA) is 74.6 Å². The fourth-order valence-corrected chi connectivity index (χ4v) is 2.95. The van der Waals surface area contributed by atoms with Crippen molar-refractivity contribution >= 4 is 11.7 Å². The Hall–Kier alpha value is -3.48. The summed E-state index contributed by atoms with van der Waals surface area (Å²) in [5, 5.41) is 7.31. The molecule has 0 unspecified atom stereocenters. The molecule has 0 fully saturated rings. The molecule has 3 rings (SSSR count). The van der Waals surface area contributed by atoms with Gasteiger partial charge < -0.3 is 19.5 Å². The van der Waals surface area contributed by atoms with Crippen LogP contribution in [-0.4, -0.2) is 37.0 Å². The van der Waals surface area contributed by atoms with Crippen molar-refractivity contribution in [2.75, 3.05) is 26.6 Å². The number of ether oxygens (including phenoxy) is 3. The number of benzene rings is 2. The maximum atomic E-state index is 12.8. The summed E-state index contributed by atoms with van der Waals surface area (Å²) in [7, 11) is 4.50. The van der Waals surface area contributed by atoms with Crippen LogP contribution in [0.4, 0.5) is 5.82 Å². The molecule has 2 aromatic carbocycles. The van der Waals surface area contributed by atoms with Crippen LogP contribution in [0.25, 0.3) is 0 Å². The summed E-state index contributed by atoms with van der Waals surface area (Å²) in [5.41, 5.74) is 2.40. The molecular weight excluding hydrogens is 358 g/mol. The molecule has 1 amide bonds. The smallest absolute Gasteiger partial charge is 0.260 e. The molecule has 0 atom stereocenters. The third-order valence-electron chi connectivity index (χ3n) is 4.35. The van der Waals surface area contributed by atoms with Gasteiger partial charge in [0.25, 0.3) is 5.91 Å². The molecular formula is C21H23N3O4. The monoisotopic (exact) mass is 381 g/mol. The number of anilines is 1. The molecule has 7 nitrogen and oxygen atoms in total. The van der Waals surface area contributed by atoms with Gasteiger partial charge in [-0.3, -0.25) is 9.48 Å². The van der Waals surface area contributed by atoms with E-state index in [-0.39, 0.29) is 5.91 Å². The number of nitrogens with one attached hydrogen (secondary N) is 1. The molecule has 0 bridgehead atoms. The van der Waals surface area contributed by atoms with Gasteiger partial charge in [0.05, 0.1) is 33.4 Å². The second kappa shape index (κ2) is 8.47. The third-order valence-corrected chi connectivity index (χ3v) is 4.35. The minimum absolute atomic E-state index is 0.305. The van der Waals surface area contributed by atoms with Crippen LogP contribution in [0.15, 0.2) is 48.5 Å². The number of nitrogens with zero attached hydrogens (tertiary/aromatic N) is 2. The summed E-state index contributed by atoms with van der Waals surface area (Å²) >= 11 is 0. The molecule has 3 aromatic rings. The van der Waals surface area contributed by atoms with E-state index in [0.717, 1.165) is 11.3 Å². The molecule has 0 aliphatic heterocycles. The summed E-state index contributed by atoms with van der Waals surface area (Å²) < 4.78 is 17.8. The van der Waals surface area contributed by atoms with Crippen molar-refractivity contribution in [2.45, 2.75) is 13.5 Å². The maximum absolute atomic E-state index is 12.8. The Bertz CT molecular complexity index is 967. The summed E-state index contributed by atoms with van der Waals surface area (Å²) in [6.45, 7) is 2.57. The average molecular weight is 381 g/mol. The summed E-state index contributed by atoms with van der Waals surface area (Å²) in [5.74, 6) is 1.28. The second-order valence-corrected chi connectivity index (χ2v) is 6.15. The van der Waals surface area contributed by atoms with Crippen molar-refractivity contribution in [2.24, 2.45) is 0 Å². The van der Waals surface area contributed by atoms with Gasteiger partial charge in [0.1, 0.15) is 0 Å². The maximum Gasteiger partial charge on any atom is 0.260 e. The van der Waals surface area contributed by atoms with E-state index >= 15 is 0 Å². The van der Waals surface area contributed by atoms with Crippen LogP contribution < -0.4 is 19.5 Å². The quantitative estimate of drug-likeness (QED) is 0.678. The first kappa shape index (κ1) is 19.3. The number of aryl methyl sites for hydroxylation is 1. The number of hydrogen-bond acceptors (Lipinski definition) is 5. The largest absolute Gasteiger partial charge is 0.493 e. The van der Waals surface area contributed by atoms with Crippen LogP contribution in [-0.2, 0) is 6.54 Å². The molecule has 28 heavy (non-hydrogen) atoms. The fraction of sp³-hybridized carbons (Fsp3) is 0.238. The molecule has 0 saturated carbocycles. The van der Waals surface area contributed by atoms with Gasteiger partial charge in [-0.25, -0.2) is 0 Å². The zero-order valence-corrected chi connectivity index (χ0v) is 16.4. The molecule has 0 aliphatic carbocycles. The predicted molar refractivity (Wildman–Crippen MR) is 107 cm³/mol. The Morgan fingerprint density at radius 2 is 1.71 bits per heavy atom. The summed E-state index contributed by atoms with van der Waals surface area (Å²) in [6, 6.07) is 15.1. The Balaban J connectivity index is 1.83. The highest BCUT2D eigenvalue weighted by atomic mass is 16.5. The molecule has 146 valence electrons. The Morgan fingerprint density at radius 3 is 2.36 bits per heavy atom. The third kappa shape index (κ3) is 3.93. The van der Waals surface area contributed by atoms with Crippen molar-refractivity contribution < 1.29 is 19.0 Å². The lowest BCUT2D eigenvalue weighted by Crippen LogP contribution is -2.14. The van der Waals surface area contributed by atoms with Crippen LogP contribution >= 0.6 is 0 Å². The van der Waals surface area contributed by atoms with Gasteiger partial charge in [0.2, 0.25) is 5.75 Å². The molecule has 1 heterocycles. The van der Waals surface area contributed by atoms with Gasteiger partial charge in [-0.05, 0) is 24.6 Å². The van der Waals surface area contributed by atoms with Crippen molar-refractivity contribution in [3.8, 4) is 17.2 Å². The van der Waals surface area contributed by atoms with Crippen LogP contribution in [0.5, 0.6) is 17.2 Å². The van der Waals surface area contributed by atoms with Crippen molar-refractivity contribution in [1.29, 1.82) is 0 Å². The number of carbonyl (C=O) groups excluding carboxylic acids is 1. The number of aromatic nitrogens is 2. The highest BCUT2D eigenvalue weighted by Gasteiger charge is 2.21. The lowest BCUT2D eigenvalue weighted by atomic mass is 10.1.